The maximum Gasteiger partial charge on any atom is 0.409 e. The average Bonchev–Trinajstić information content (AvgIpc) is 2.53. The Balaban J connectivity index is 1.92. The molecule has 0 bridgehead atoms. The summed E-state index contributed by atoms with van der Waals surface area (Å²) in [6.07, 6.45) is 1.65. The molecule has 2 heterocycles. The molecule has 28 heavy (non-hydrogen) atoms. The molecule has 0 spiro atoms. The van der Waals surface area contributed by atoms with Gasteiger partial charge in [-0.3, -0.25) is 10.6 Å². The van der Waals surface area contributed by atoms with Crippen LogP contribution in [0.2, 0.25) is 0 Å². The van der Waals surface area contributed by atoms with Gasteiger partial charge in [0.1, 0.15) is 22.6 Å². The van der Waals surface area contributed by atoms with E-state index in [-0.39, 0.29) is 18.4 Å². The van der Waals surface area contributed by atoms with Crippen LogP contribution in [0.15, 0.2) is 23.6 Å². The average molecular weight is 417 g/mol. The zero-order valence-electron chi connectivity index (χ0n) is 17.2. The van der Waals surface area contributed by atoms with E-state index < -0.39 is 34.2 Å². The highest BCUT2D eigenvalue weighted by atomic mass is 32.2. The fourth-order valence-corrected chi connectivity index (χ4v) is 5.50. The van der Waals surface area contributed by atoms with Crippen LogP contribution < -0.4 is 10.6 Å². The zero-order chi connectivity index (χ0) is 20.8. The van der Waals surface area contributed by atoms with Crippen LogP contribution in [0.1, 0.15) is 47.5 Å². The molecule has 3 aliphatic rings. The Labute approximate surface area is 169 Å². The van der Waals surface area contributed by atoms with E-state index in [1.165, 1.54) is 0 Å². The maximum atomic E-state index is 14.9. The van der Waals surface area contributed by atoms with Crippen LogP contribution in [-0.4, -0.2) is 47.4 Å². The van der Waals surface area contributed by atoms with E-state index in [9.17, 15) is 13.6 Å². The van der Waals surface area contributed by atoms with Crippen molar-refractivity contribution in [1.29, 1.82) is 0 Å². The van der Waals surface area contributed by atoms with E-state index >= 15 is 0 Å². The second-order valence-electron chi connectivity index (χ2n) is 9.23. The Hall–Kier alpha value is -1.12. The van der Waals surface area contributed by atoms with Crippen molar-refractivity contribution in [2.75, 3.05) is 19.0 Å². The van der Waals surface area contributed by atoms with Crippen LogP contribution in [0.3, 0.4) is 0 Å². The second kappa shape index (κ2) is 7.29. The highest BCUT2D eigenvalue weighted by molar-refractivity contribution is 8.00. The fourth-order valence-electron chi connectivity index (χ4n) is 4.10. The summed E-state index contributed by atoms with van der Waals surface area (Å²) < 4.78 is 39.7. The van der Waals surface area contributed by atoms with Crippen LogP contribution >= 0.6 is 11.8 Å². The van der Waals surface area contributed by atoms with Crippen molar-refractivity contribution >= 4 is 17.9 Å². The summed E-state index contributed by atoms with van der Waals surface area (Å²) in [6, 6.07) is 0. The van der Waals surface area contributed by atoms with Crippen LogP contribution in [0.4, 0.5) is 13.6 Å². The van der Waals surface area contributed by atoms with Crippen molar-refractivity contribution in [3.63, 3.8) is 0 Å². The Bertz CT molecular complexity index is 708. The zero-order valence-corrected chi connectivity index (χ0v) is 18.0. The van der Waals surface area contributed by atoms with Gasteiger partial charge in [0.2, 0.25) is 0 Å². The number of hydrogen-bond acceptors (Lipinski definition) is 5. The number of amides is 1. The smallest absolute Gasteiger partial charge is 0.409 e. The van der Waals surface area contributed by atoms with Gasteiger partial charge in [0.05, 0.1) is 12.1 Å². The van der Waals surface area contributed by atoms with Crippen molar-refractivity contribution in [3.8, 4) is 0 Å². The van der Waals surface area contributed by atoms with Crippen LogP contribution in [0.25, 0.3) is 0 Å². The molecule has 0 radical (unpaired) electrons. The topological polar surface area (TPSA) is 59.6 Å². The summed E-state index contributed by atoms with van der Waals surface area (Å²) >= 11 is 1.55. The number of carbonyl (C=O) groups is 1. The number of nitrogens with one attached hydrogen (secondary N) is 2. The first-order valence-electron chi connectivity index (χ1n) is 9.63. The molecular weight excluding hydrogens is 386 g/mol. The standard InChI is InChI=1S/C20H30F2N2O3S/c1-17(2,3)27-16(25)23-19(5)24-20(14-7-6-13(21)10-15(14)22)11-26-9-8-18(20,4)12-28-19/h7,10,13,24H,6,8-9,11-12H2,1-5H3,(H,23,25)/t13?,18-,19?,20+/m0/s1. The van der Waals surface area contributed by atoms with Gasteiger partial charge in [0.15, 0.2) is 0 Å². The van der Waals surface area contributed by atoms with E-state index in [1.54, 1.807) is 38.6 Å². The van der Waals surface area contributed by atoms with Gasteiger partial charge >= 0.3 is 6.09 Å². The summed E-state index contributed by atoms with van der Waals surface area (Å²) in [6.45, 7) is 10.2. The van der Waals surface area contributed by atoms with Crippen molar-refractivity contribution in [1.82, 2.24) is 10.6 Å². The highest BCUT2D eigenvalue weighted by Gasteiger charge is 2.60. The molecule has 2 N–H and O–H groups in total. The van der Waals surface area contributed by atoms with Crippen molar-refractivity contribution in [3.05, 3.63) is 23.6 Å². The first-order valence-corrected chi connectivity index (χ1v) is 10.6. The lowest BCUT2D eigenvalue weighted by Gasteiger charge is -2.60. The number of hydrogen-bond donors (Lipinski definition) is 2. The van der Waals surface area contributed by atoms with Crippen molar-refractivity contribution in [2.24, 2.45) is 5.41 Å². The molecule has 8 heteroatoms. The molecule has 1 amide bonds. The normalized spacial score (nSPS) is 38.8. The van der Waals surface area contributed by atoms with Gasteiger partial charge in [-0.25, -0.2) is 13.6 Å². The quantitative estimate of drug-likeness (QED) is 0.706. The fraction of sp³-hybridized carbons (Fsp3) is 0.750. The Kier molecular flexibility index (Phi) is 5.62. The number of halogens is 2. The molecule has 1 aliphatic carbocycles. The Morgan fingerprint density at radius 2 is 2.14 bits per heavy atom. The van der Waals surface area contributed by atoms with Gasteiger partial charge in [-0.2, -0.15) is 0 Å². The van der Waals surface area contributed by atoms with E-state index in [1.807, 2.05) is 6.92 Å². The number of ether oxygens (including phenoxy) is 2. The van der Waals surface area contributed by atoms with Crippen molar-refractivity contribution < 1.29 is 23.0 Å². The molecule has 4 atom stereocenters. The van der Waals surface area contributed by atoms with E-state index in [4.69, 9.17) is 9.47 Å². The van der Waals surface area contributed by atoms with Gasteiger partial charge in [-0.1, -0.05) is 13.0 Å². The molecule has 5 nitrogen and oxygen atoms in total. The van der Waals surface area contributed by atoms with E-state index in [0.717, 1.165) is 12.5 Å². The monoisotopic (exact) mass is 416 g/mol. The third-order valence-electron chi connectivity index (χ3n) is 5.61. The molecule has 0 aromatic heterocycles. The summed E-state index contributed by atoms with van der Waals surface area (Å²) in [5.74, 6) is 0.119. The third-order valence-corrected chi connectivity index (χ3v) is 7.17. The van der Waals surface area contributed by atoms with Gasteiger partial charge in [-0.05, 0) is 40.2 Å². The molecule has 158 valence electrons. The van der Waals surface area contributed by atoms with Gasteiger partial charge in [-0.15, -0.1) is 11.8 Å². The molecule has 0 aromatic rings. The molecule has 2 aliphatic heterocycles. The number of thioether (sulfide) groups is 1. The van der Waals surface area contributed by atoms with Crippen LogP contribution in [0, 0.1) is 5.41 Å². The third kappa shape index (κ3) is 4.09. The largest absolute Gasteiger partial charge is 0.444 e. The van der Waals surface area contributed by atoms with Gasteiger partial charge < -0.3 is 9.47 Å². The minimum Gasteiger partial charge on any atom is -0.444 e. The number of rotatable bonds is 2. The molecule has 2 fully saturated rings. The minimum absolute atomic E-state index is 0.131. The van der Waals surface area contributed by atoms with Crippen molar-refractivity contribution in [2.45, 2.75) is 69.8 Å². The number of alkyl halides is 1. The molecule has 2 saturated heterocycles. The first kappa shape index (κ1) is 21.6. The number of alkyl carbamates (subject to hydrolysis) is 1. The van der Waals surface area contributed by atoms with E-state index in [0.29, 0.717) is 17.9 Å². The summed E-state index contributed by atoms with van der Waals surface area (Å²) in [7, 11) is 0. The lowest BCUT2D eigenvalue weighted by molar-refractivity contribution is -0.0551. The van der Waals surface area contributed by atoms with Crippen LogP contribution in [0.5, 0.6) is 0 Å². The maximum absolute atomic E-state index is 14.9. The lowest BCUT2D eigenvalue weighted by Crippen LogP contribution is -2.76. The number of fused-ring (bicyclic) bond motifs is 1. The SMILES string of the molecule is CC(C)(C)OC(=O)NC1(C)N[C@@]2(C3=CCC(F)C=C3F)COCC[C@@]2(C)CS1. The number of carbonyl (C=O) groups excluding carboxylic acids is 1. The Morgan fingerprint density at radius 1 is 1.43 bits per heavy atom. The molecule has 2 unspecified atom stereocenters. The first-order chi connectivity index (χ1) is 12.9. The predicted octanol–water partition coefficient (Wildman–Crippen LogP) is 4.21. The molecule has 0 saturated carbocycles. The lowest BCUT2D eigenvalue weighted by atomic mass is 9.63. The molecule has 3 rings (SSSR count). The second-order valence-corrected chi connectivity index (χ2v) is 10.6. The predicted molar refractivity (Wildman–Crippen MR) is 106 cm³/mol. The van der Waals surface area contributed by atoms with Crippen LogP contribution in [-0.2, 0) is 9.47 Å². The summed E-state index contributed by atoms with van der Waals surface area (Å²) in [5, 5.41) is 6.35. The summed E-state index contributed by atoms with van der Waals surface area (Å²) in [5.41, 5.74) is -1.40. The number of allylic oxidation sites excluding steroid dienone is 2. The van der Waals surface area contributed by atoms with E-state index in [2.05, 4.69) is 17.6 Å². The highest BCUT2D eigenvalue weighted by Crippen LogP contribution is 2.53. The molecular formula is C20H30F2N2O3S. The van der Waals surface area contributed by atoms with Gasteiger partial charge in [0.25, 0.3) is 0 Å². The minimum atomic E-state index is -1.32. The molecule has 0 aromatic carbocycles. The van der Waals surface area contributed by atoms with Gasteiger partial charge in [0, 0.05) is 29.8 Å². The summed E-state index contributed by atoms with van der Waals surface area (Å²) in [4.78, 5) is 11.5. The Morgan fingerprint density at radius 3 is 2.79 bits per heavy atom.